The molecular weight excluding hydrogens is 256 g/mol. The van der Waals surface area contributed by atoms with E-state index in [9.17, 15) is 4.79 Å². The van der Waals surface area contributed by atoms with Gasteiger partial charge in [0.15, 0.2) is 11.7 Å². The van der Waals surface area contributed by atoms with Crippen molar-refractivity contribution >= 4 is 11.9 Å². The first kappa shape index (κ1) is 14.4. The zero-order chi connectivity index (χ0) is 14.2. The molecule has 0 atom stereocenters. The summed E-state index contributed by atoms with van der Waals surface area (Å²) >= 11 is 0. The maximum atomic E-state index is 11.6. The average Bonchev–Trinajstić information content (AvgIpc) is 3.11. The van der Waals surface area contributed by atoms with Gasteiger partial charge in [0.2, 0.25) is 0 Å². The van der Waals surface area contributed by atoms with Gasteiger partial charge in [-0.15, -0.1) is 0 Å². The number of hydrogen-bond donors (Lipinski definition) is 3. The molecule has 3 N–H and O–H groups in total. The van der Waals surface area contributed by atoms with Crippen LogP contribution in [0, 0.1) is 5.92 Å². The molecule has 0 unspecified atom stereocenters. The van der Waals surface area contributed by atoms with E-state index in [-0.39, 0.29) is 5.91 Å². The van der Waals surface area contributed by atoms with Crippen LogP contribution in [0.1, 0.15) is 30.3 Å². The molecule has 1 amide bonds. The predicted molar refractivity (Wildman–Crippen MR) is 77.7 cm³/mol. The van der Waals surface area contributed by atoms with Gasteiger partial charge in [0.1, 0.15) is 0 Å². The third-order valence-electron chi connectivity index (χ3n) is 3.00. The minimum Gasteiger partial charge on any atom is -0.459 e. The van der Waals surface area contributed by atoms with Crippen LogP contribution in [0.15, 0.2) is 27.8 Å². The molecule has 0 aliphatic heterocycles. The van der Waals surface area contributed by atoms with Crippen molar-refractivity contribution in [2.75, 3.05) is 26.2 Å². The second-order valence-electron chi connectivity index (χ2n) is 4.82. The minimum absolute atomic E-state index is 0.197. The largest absolute Gasteiger partial charge is 0.459 e. The lowest BCUT2D eigenvalue weighted by atomic mass is 10.4. The third kappa shape index (κ3) is 4.95. The van der Waals surface area contributed by atoms with E-state index in [0.29, 0.717) is 18.8 Å². The Hall–Kier alpha value is -1.98. The maximum Gasteiger partial charge on any atom is 0.287 e. The van der Waals surface area contributed by atoms with Gasteiger partial charge >= 0.3 is 0 Å². The number of guanidine groups is 1. The van der Waals surface area contributed by atoms with Crippen LogP contribution in [0.4, 0.5) is 0 Å². The molecule has 0 bridgehead atoms. The second kappa shape index (κ2) is 7.57. The van der Waals surface area contributed by atoms with Crippen LogP contribution in [0.5, 0.6) is 0 Å². The summed E-state index contributed by atoms with van der Waals surface area (Å²) < 4.78 is 5.02. The summed E-state index contributed by atoms with van der Waals surface area (Å²) in [5, 5.41) is 9.17. The molecule has 0 radical (unpaired) electrons. The van der Waals surface area contributed by atoms with Gasteiger partial charge in [-0.3, -0.25) is 9.79 Å². The molecular formula is C14H22N4O2. The molecule has 6 heteroatoms. The molecule has 1 fully saturated rings. The number of carbonyl (C=O) groups is 1. The van der Waals surface area contributed by atoms with Gasteiger partial charge < -0.3 is 20.4 Å². The Kier molecular flexibility index (Phi) is 5.46. The van der Waals surface area contributed by atoms with Gasteiger partial charge in [0.25, 0.3) is 5.91 Å². The van der Waals surface area contributed by atoms with Crippen LogP contribution in [0.2, 0.25) is 0 Å². The summed E-state index contributed by atoms with van der Waals surface area (Å²) in [7, 11) is 0. The van der Waals surface area contributed by atoms with Crippen molar-refractivity contribution in [1.82, 2.24) is 16.0 Å². The summed E-state index contributed by atoms with van der Waals surface area (Å²) in [5.41, 5.74) is 0. The highest BCUT2D eigenvalue weighted by atomic mass is 16.3. The molecule has 1 aliphatic rings. The van der Waals surface area contributed by atoms with Crippen molar-refractivity contribution < 1.29 is 9.21 Å². The Morgan fingerprint density at radius 3 is 2.80 bits per heavy atom. The molecule has 1 aliphatic carbocycles. The van der Waals surface area contributed by atoms with Gasteiger partial charge in [-0.05, 0) is 37.8 Å². The molecule has 1 heterocycles. The molecule has 1 aromatic rings. The molecule has 20 heavy (non-hydrogen) atoms. The molecule has 1 aromatic heterocycles. The van der Waals surface area contributed by atoms with Crippen molar-refractivity contribution in [3.8, 4) is 0 Å². The fraction of sp³-hybridized carbons (Fsp3) is 0.571. The summed E-state index contributed by atoms with van der Waals surface area (Å²) in [6, 6.07) is 3.34. The Morgan fingerprint density at radius 2 is 2.15 bits per heavy atom. The Labute approximate surface area is 119 Å². The first-order chi connectivity index (χ1) is 9.79. The third-order valence-corrected chi connectivity index (χ3v) is 3.00. The number of amides is 1. The highest BCUT2D eigenvalue weighted by Crippen LogP contribution is 2.28. The fourth-order valence-electron chi connectivity index (χ4n) is 1.71. The number of hydrogen-bond acceptors (Lipinski definition) is 3. The Bertz CT molecular complexity index is 438. The van der Waals surface area contributed by atoms with Crippen molar-refractivity contribution in [3.63, 3.8) is 0 Å². The van der Waals surface area contributed by atoms with E-state index >= 15 is 0 Å². The van der Waals surface area contributed by atoms with Crippen LogP contribution in [-0.2, 0) is 0 Å². The van der Waals surface area contributed by atoms with Gasteiger partial charge in [0.05, 0.1) is 6.26 Å². The lowest BCUT2D eigenvalue weighted by Crippen LogP contribution is -2.41. The van der Waals surface area contributed by atoms with E-state index in [1.165, 1.54) is 19.1 Å². The summed E-state index contributed by atoms with van der Waals surface area (Å²) in [4.78, 5) is 16.1. The van der Waals surface area contributed by atoms with Crippen LogP contribution in [-0.4, -0.2) is 38.0 Å². The second-order valence-corrected chi connectivity index (χ2v) is 4.82. The fourth-order valence-corrected chi connectivity index (χ4v) is 1.71. The van der Waals surface area contributed by atoms with Gasteiger partial charge in [0, 0.05) is 26.2 Å². The molecule has 0 spiro atoms. The number of carbonyl (C=O) groups excluding carboxylic acids is 1. The van der Waals surface area contributed by atoms with E-state index < -0.39 is 0 Å². The van der Waals surface area contributed by atoms with Crippen molar-refractivity contribution in [2.24, 2.45) is 10.9 Å². The van der Waals surface area contributed by atoms with Gasteiger partial charge in [-0.1, -0.05) is 0 Å². The minimum atomic E-state index is -0.197. The van der Waals surface area contributed by atoms with Crippen LogP contribution >= 0.6 is 0 Å². The van der Waals surface area contributed by atoms with E-state index in [2.05, 4.69) is 20.9 Å². The topological polar surface area (TPSA) is 78.7 Å². The van der Waals surface area contributed by atoms with Crippen LogP contribution in [0.3, 0.4) is 0 Å². The molecule has 0 aromatic carbocycles. The normalized spacial score (nSPS) is 14.9. The van der Waals surface area contributed by atoms with E-state index in [0.717, 1.165) is 25.0 Å². The van der Waals surface area contributed by atoms with E-state index in [4.69, 9.17) is 4.42 Å². The van der Waals surface area contributed by atoms with Crippen LogP contribution < -0.4 is 16.0 Å². The first-order valence-electron chi connectivity index (χ1n) is 7.13. The summed E-state index contributed by atoms with van der Waals surface area (Å²) in [6.45, 7) is 4.90. The highest BCUT2D eigenvalue weighted by Gasteiger charge is 2.20. The molecule has 0 saturated heterocycles. The molecule has 6 nitrogen and oxygen atoms in total. The lowest BCUT2D eigenvalue weighted by Gasteiger charge is -2.11. The first-order valence-corrected chi connectivity index (χ1v) is 7.13. The number of nitrogens with one attached hydrogen (secondary N) is 3. The highest BCUT2D eigenvalue weighted by molar-refractivity contribution is 5.91. The molecule has 110 valence electrons. The summed E-state index contributed by atoms with van der Waals surface area (Å²) in [6.07, 6.45) is 4.07. The number of rotatable bonds is 7. The van der Waals surface area contributed by atoms with E-state index in [1.54, 1.807) is 12.1 Å². The number of furan rings is 1. The molecule has 2 rings (SSSR count). The van der Waals surface area contributed by atoms with Crippen molar-refractivity contribution in [1.29, 1.82) is 0 Å². The maximum absolute atomic E-state index is 11.6. The Morgan fingerprint density at radius 1 is 1.35 bits per heavy atom. The predicted octanol–water partition coefficient (Wildman–Crippen LogP) is 0.975. The zero-order valence-corrected chi connectivity index (χ0v) is 11.8. The standard InChI is InChI=1S/C14H22N4O2/c1-2-15-14(18-10-11-5-6-11)17-8-7-16-13(19)12-4-3-9-20-12/h3-4,9,11H,2,5-8,10H2,1H3,(H,16,19)(H2,15,17,18). The van der Waals surface area contributed by atoms with Gasteiger partial charge in [-0.25, -0.2) is 0 Å². The zero-order valence-electron chi connectivity index (χ0n) is 11.8. The van der Waals surface area contributed by atoms with E-state index in [1.807, 2.05) is 6.92 Å². The number of nitrogens with zero attached hydrogens (tertiary/aromatic N) is 1. The summed E-state index contributed by atoms with van der Waals surface area (Å²) in [5.74, 6) is 1.71. The molecule has 1 saturated carbocycles. The quantitative estimate of drug-likeness (QED) is 0.394. The Balaban J connectivity index is 1.64. The van der Waals surface area contributed by atoms with Crippen molar-refractivity contribution in [2.45, 2.75) is 19.8 Å². The smallest absolute Gasteiger partial charge is 0.287 e. The van der Waals surface area contributed by atoms with Gasteiger partial charge in [-0.2, -0.15) is 0 Å². The SMILES string of the molecule is CCNC(=NCC1CC1)NCCNC(=O)c1ccco1. The lowest BCUT2D eigenvalue weighted by molar-refractivity contribution is 0.0926. The van der Waals surface area contributed by atoms with Crippen molar-refractivity contribution in [3.05, 3.63) is 24.2 Å². The number of aliphatic imine (C=N–C) groups is 1. The average molecular weight is 278 g/mol. The monoisotopic (exact) mass is 278 g/mol. The van der Waals surface area contributed by atoms with Crippen LogP contribution in [0.25, 0.3) is 0 Å².